The summed E-state index contributed by atoms with van der Waals surface area (Å²) in [6.07, 6.45) is 1.27. The molecule has 0 saturated heterocycles. The van der Waals surface area contributed by atoms with E-state index in [1.165, 1.54) is 17.5 Å². The fourth-order valence-corrected chi connectivity index (χ4v) is 2.37. The van der Waals surface area contributed by atoms with E-state index in [-0.39, 0.29) is 5.38 Å². The van der Waals surface area contributed by atoms with E-state index in [9.17, 15) is 0 Å². The molecule has 0 nitrogen and oxygen atoms in total. The summed E-state index contributed by atoms with van der Waals surface area (Å²) >= 11 is 9.58. The first-order chi connectivity index (χ1) is 6.18. The van der Waals surface area contributed by atoms with Crippen LogP contribution in [0.2, 0.25) is 0 Å². The summed E-state index contributed by atoms with van der Waals surface area (Å²) in [4.78, 5) is 0.701. The van der Waals surface area contributed by atoms with Gasteiger partial charge in [0.05, 0.1) is 5.38 Å². The lowest BCUT2D eigenvalue weighted by atomic mass is 10.1. The molecule has 2 rings (SSSR count). The second-order valence-electron chi connectivity index (χ2n) is 3.64. The highest BCUT2D eigenvalue weighted by molar-refractivity contribution is 9.09. The lowest BCUT2D eigenvalue weighted by molar-refractivity contribution is 1.06. The van der Waals surface area contributed by atoms with E-state index in [0.717, 1.165) is 5.92 Å². The average molecular weight is 260 g/mol. The molecule has 1 fully saturated rings. The molecule has 0 aromatic heterocycles. The first-order valence-corrected chi connectivity index (χ1v) is 5.91. The molecule has 0 aliphatic heterocycles. The second-order valence-corrected chi connectivity index (χ2v) is 5.47. The molecule has 2 heteroatoms. The second kappa shape index (κ2) is 3.62. The van der Waals surface area contributed by atoms with E-state index >= 15 is 0 Å². The summed E-state index contributed by atoms with van der Waals surface area (Å²) in [5, 5.41) is 0.119. The molecule has 0 spiro atoms. The highest BCUT2D eigenvalue weighted by Gasteiger charge is 2.35. The number of alkyl halides is 2. The van der Waals surface area contributed by atoms with Crippen molar-refractivity contribution in [1.82, 2.24) is 0 Å². The van der Waals surface area contributed by atoms with Gasteiger partial charge < -0.3 is 0 Å². The van der Waals surface area contributed by atoms with Gasteiger partial charge in [0.25, 0.3) is 0 Å². The summed E-state index contributed by atoms with van der Waals surface area (Å²) in [7, 11) is 0. The average Bonchev–Trinajstić information content (AvgIpc) is 2.83. The van der Waals surface area contributed by atoms with E-state index < -0.39 is 0 Å². The summed E-state index contributed by atoms with van der Waals surface area (Å²) < 4.78 is 0. The lowest BCUT2D eigenvalue weighted by Crippen LogP contribution is -1.86. The molecule has 1 aromatic carbocycles. The standard InChI is InChI=1S/C11H12BrCl/c1-7(13)8-2-4-9(5-3-8)10-6-11(10)12/h2-5,7,10-11H,6H2,1H3/t7?,10-,11+/m0/s1. The molecule has 0 bridgehead atoms. The third kappa shape index (κ3) is 2.08. The van der Waals surface area contributed by atoms with Crippen molar-refractivity contribution in [3.63, 3.8) is 0 Å². The monoisotopic (exact) mass is 258 g/mol. The molecule has 0 amide bonds. The summed E-state index contributed by atoms with van der Waals surface area (Å²) in [5.74, 6) is 0.736. The van der Waals surface area contributed by atoms with E-state index in [1.54, 1.807) is 0 Å². The molecular weight excluding hydrogens is 247 g/mol. The van der Waals surface area contributed by atoms with Crippen molar-refractivity contribution in [3.05, 3.63) is 35.4 Å². The Balaban J connectivity index is 2.14. The van der Waals surface area contributed by atoms with Gasteiger partial charge in [0.2, 0.25) is 0 Å². The largest absolute Gasteiger partial charge is 0.118 e. The maximum absolute atomic E-state index is 5.97. The minimum Gasteiger partial charge on any atom is -0.118 e. The molecular formula is C11H12BrCl. The van der Waals surface area contributed by atoms with Gasteiger partial charge in [-0.1, -0.05) is 40.2 Å². The van der Waals surface area contributed by atoms with Crippen molar-refractivity contribution in [1.29, 1.82) is 0 Å². The van der Waals surface area contributed by atoms with Crippen LogP contribution < -0.4 is 0 Å². The Kier molecular flexibility index (Phi) is 2.66. The van der Waals surface area contributed by atoms with Crippen molar-refractivity contribution in [2.24, 2.45) is 0 Å². The molecule has 0 heterocycles. The molecule has 1 saturated carbocycles. The first kappa shape index (κ1) is 9.54. The molecule has 1 aliphatic rings. The van der Waals surface area contributed by atoms with Crippen LogP contribution in [0.3, 0.4) is 0 Å². The summed E-state index contributed by atoms with van der Waals surface area (Å²) in [5.41, 5.74) is 2.64. The Morgan fingerprint density at radius 2 is 1.92 bits per heavy atom. The van der Waals surface area contributed by atoms with Gasteiger partial charge >= 0.3 is 0 Å². The predicted molar refractivity (Wildman–Crippen MR) is 60.8 cm³/mol. The number of rotatable bonds is 2. The van der Waals surface area contributed by atoms with Gasteiger partial charge in [-0.15, -0.1) is 11.6 Å². The van der Waals surface area contributed by atoms with Gasteiger partial charge in [-0.05, 0) is 30.4 Å². The molecule has 1 unspecified atom stereocenters. The number of benzene rings is 1. The molecule has 1 aliphatic carbocycles. The van der Waals surface area contributed by atoms with Crippen molar-refractivity contribution in [2.75, 3.05) is 0 Å². The van der Waals surface area contributed by atoms with Crippen LogP contribution in [0, 0.1) is 0 Å². The van der Waals surface area contributed by atoms with Crippen molar-refractivity contribution in [3.8, 4) is 0 Å². The number of hydrogen-bond donors (Lipinski definition) is 0. The Hall–Kier alpha value is -0.0100. The highest BCUT2D eigenvalue weighted by Crippen LogP contribution is 2.46. The third-order valence-electron chi connectivity index (χ3n) is 2.54. The Morgan fingerprint density at radius 3 is 2.31 bits per heavy atom. The zero-order valence-electron chi connectivity index (χ0n) is 7.50. The molecule has 70 valence electrons. The van der Waals surface area contributed by atoms with Crippen molar-refractivity contribution in [2.45, 2.75) is 29.5 Å². The van der Waals surface area contributed by atoms with Gasteiger partial charge in [0, 0.05) is 4.83 Å². The van der Waals surface area contributed by atoms with Crippen LogP contribution in [0.5, 0.6) is 0 Å². The van der Waals surface area contributed by atoms with Crippen LogP contribution in [0.1, 0.15) is 35.8 Å². The van der Waals surface area contributed by atoms with Gasteiger partial charge in [-0.25, -0.2) is 0 Å². The Morgan fingerprint density at radius 1 is 1.38 bits per heavy atom. The van der Waals surface area contributed by atoms with Crippen LogP contribution in [0.25, 0.3) is 0 Å². The SMILES string of the molecule is CC(Cl)c1ccc([C@@H]2C[C@H]2Br)cc1. The van der Waals surface area contributed by atoms with Crippen LogP contribution in [0.4, 0.5) is 0 Å². The maximum Gasteiger partial charge on any atom is 0.0557 e. The van der Waals surface area contributed by atoms with Crippen LogP contribution >= 0.6 is 27.5 Å². The normalized spacial score (nSPS) is 28.5. The van der Waals surface area contributed by atoms with E-state index in [1.807, 2.05) is 6.92 Å². The van der Waals surface area contributed by atoms with Crippen molar-refractivity contribution < 1.29 is 0 Å². The van der Waals surface area contributed by atoms with Gasteiger partial charge in [-0.3, -0.25) is 0 Å². The Labute approximate surface area is 92.4 Å². The van der Waals surface area contributed by atoms with Crippen molar-refractivity contribution >= 4 is 27.5 Å². The maximum atomic E-state index is 5.97. The van der Waals surface area contributed by atoms with E-state index in [2.05, 4.69) is 40.2 Å². The van der Waals surface area contributed by atoms with Gasteiger partial charge in [0.15, 0.2) is 0 Å². The zero-order chi connectivity index (χ0) is 9.42. The highest BCUT2D eigenvalue weighted by atomic mass is 79.9. The fourth-order valence-electron chi connectivity index (χ4n) is 1.52. The zero-order valence-corrected chi connectivity index (χ0v) is 9.85. The topological polar surface area (TPSA) is 0 Å². The Bertz CT molecular complexity index is 291. The van der Waals surface area contributed by atoms with Crippen LogP contribution in [-0.4, -0.2) is 4.83 Å². The minimum atomic E-state index is 0.119. The first-order valence-electron chi connectivity index (χ1n) is 4.56. The molecule has 0 radical (unpaired) electrons. The lowest BCUT2D eigenvalue weighted by Gasteiger charge is -2.04. The molecule has 13 heavy (non-hydrogen) atoms. The number of hydrogen-bond acceptors (Lipinski definition) is 0. The predicted octanol–water partition coefficient (Wildman–Crippen LogP) is 4.24. The van der Waals surface area contributed by atoms with E-state index in [4.69, 9.17) is 11.6 Å². The molecule has 3 atom stereocenters. The van der Waals surface area contributed by atoms with E-state index in [0.29, 0.717) is 4.83 Å². The van der Waals surface area contributed by atoms with Gasteiger partial charge in [-0.2, -0.15) is 0 Å². The quantitative estimate of drug-likeness (QED) is 0.697. The number of halogens is 2. The smallest absolute Gasteiger partial charge is 0.0557 e. The molecule has 0 N–H and O–H groups in total. The van der Waals surface area contributed by atoms with Crippen LogP contribution in [0.15, 0.2) is 24.3 Å². The molecule has 1 aromatic rings. The third-order valence-corrected chi connectivity index (χ3v) is 3.80. The van der Waals surface area contributed by atoms with Crippen LogP contribution in [-0.2, 0) is 0 Å². The minimum absolute atomic E-state index is 0.119. The van der Waals surface area contributed by atoms with Gasteiger partial charge in [0.1, 0.15) is 0 Å². The summed E-state index contributed by atoms with van der Waals surface area (Å²) in [6, 6.07) is 8.65. The fraction of sp³-hybridized carbons (Fsp3) is 0.455. The summed E-state index contributed by atoms with van der Waals surface area (Å²) in [6.45, 7) is 2.00.